The van der Waals surface area contributed by atoms with E-state index in [1.54, 1.807) is 0 Å². The van der Waals surface area contributed by atoms with Gasteiger partial charge in [-0.05, 0) is 32.8 Å². The first-order valence-electron chi connectivity index (χ1n) is 9.02. The summed E-state index contributed by atoms with van der Waals surface area (Å²) in [6.45, 7) is 6.70. The predicted octanol–water partition coefficient (Wildman–Crippen LogP) is 2.97. The number of benzene rings is 1. The Morgan fingerprint density at radius 1 is 1.27 bits per heavy atom. The minimum Gasteiger partial charge on any atom is -0.363 e. The van der Waals surface area contributed by atoms with Crippen molar-refractivity contribution in [2.24, 2.45) is 0 Å². The summed E-state index contributed by atoms with van der Waals surface area (Å²) in [4.78, 5) is 11.1. The van der Waals surface area contributed by atoms with E-state index >= 15 is 0 Å². The molecule has 0 aliphatic carbocycles. The zero-order valence-electron chi connectivity index (χ0n) is 15.5. The highest BCUT2D eigenvalue weighted by Gasteiger charge is 2.32. The molecule has 2 heterocycles. The average Bonchev–Trinajstić information content (AvgIpc) is 2.95. The minimum atomic E-state index is -2.93. The van der Waals surface area contributed by atoms with Crippen LogP contribution in [0.4, 0.5) is 11.6 Å². The van der Waals surface area contributed by atoms with Gasteiger partial charge in [-0.3, -0.25) is 0 Å². The van der Waals surface area contributed by atoms with Gasteiger partial charge in [0.15, 0.2) is 9.84 Å². The molecule has 1 aliphatic heterocycles. The fourth-order valence-corrected chi connectivity index (χ4v) is 5.18. The number of hydrogen-bond donors (Lipinski definition) is 1. The molecule has 1 aromatic carbocycles. The largest absolute Gasteiger partial charge is 0.363 e. The molecule has 0 radical (unpaired) electrons. The summed E-state index contributed by atoms with van der Waals surface area (Å²) in [6.07, 6.45) is 0.655. The molecule has 26 heavy (non-hydrogen) atoms. The van der Waals surface area contributed by atoms with E-state index < -0.39 is 9.84 Å². The van der Waals surface area contributed by atoms with Crippen molar-refractivity contribution in [2.45, 2.75) is 39.3 Å². The topological polar surface area (TPSA) is 75.2 Å². The third kappa shape index (κ3) is 4.33. The Balaban J connectivity index is 1.82. The third-order valence-electron chi connectivity index (χ3n) is 4.77. The van der Waals surface area contributed by atoms with Crippen LogP contribution in [0.3, 0.4) is 0 Å². The van der Waals surface area contributed by atoms with Crippen molar-refractivity contribution in [3.05, 3.63) is 47.8 Å². The van der Waals surface area contributed by atoms with Crippen molar-refractivity contribution < 1.29 is 8.42 Å². The van der Waals surface area contributed by atoms with E-state index in [-0.39, 0.29) is 23.6 Å². The number of rotatable bonds is 6. The van der Waals surface area contributed by atoms with Crippen molar-refractivity contribution in [2.75, 3.05) is 28.3 Å². The molecule has 0 spiro atoms. The molecule has 1 aliphatic rings. The van der Waals surface area contributed by atoms with Crippen LogP contribution < -0.4 is 10.2 Å². The lowest BCUT2D eigenvalue weighted by molar-refractivity contribution is 0.599. The molecule has 7 heteroatoms. The van der Waals surface area contributed by atoms with Crippen LogP contribution in [0.25, 0.3) is 0 Å². The molecule has 2 unspecified atom stereocenters. The Morgan fingerprint density at radius 2 is 2.00 bits per heavy atom. The molecule has 0 saturated carbocycles. The number of aryl methyl sites for hydroxylation is 1. The number of nitrogens with one attached hydrogen (secondary N) is 1. The zero-order chi connectivity index (χ0) is 18.7. The first kappa shape index (κ1) is 18.6. The fraction of sp³-hybridized carbons (Fsp3) is 0.474. The lowest BCUT2D eigenvalue weighted by atomic mass is 10.1. The maximum absolute atomic E-state index is 11.9. The van der Waals surface area contributed by atoms with E-state index in [4.69, 9.17) is 0 Å². The number of hydrogen-bond acceptors (Lipinski definition) is 6. The van der Waals surface area contributed by atoms with E-state index in [0.29, 0.717) is 18.8 Å². The summed E-state index contributed by atoms with van der Waals surface area (Å²) in [5, 5.41) is 3.43. The van der Waals surface area contributed by atoms with Gasteiger partial charge in [0.25, 0.3) is 0 Å². The van der Waals surface area contributed by atoms with Gasteiger partial charge in [-0.15, -0.1) is 0 Å². The summed E-state index contributed by atoms with van der Waals surface area (Å²) in [7, 11) is -2.93. The molecule has 0 bridgehead atoms. The third-order valence-corrected chi connectivity index (χ3v) is 6.52. The van der Waals surface area contributed by atoms with Crippen LogP contribution in [0.15, 0.2) is 36.4 Å². The van der Waals surface area contributed by atoms with Crippen molar-refractivity contribution in [3.8, 4) is 0 Å². The van der Waals surface area contributed by atoms with Crippen molar-refractivity contribution in [3.63, 3.8) is 0 Å². The predicted molar refractivity (Wildman–Crippen MR) is 105 cm³/mol. The van der Waals surface area contributed by atoms with Crippen molar-refractivity contribution in [1.29, 1.82) is 0 Å². The van der Waals surface area contributed by atoms with Gasteiger partial charge in [0.2, 0.25) is 0 Å². The summed E-state index contributed by atoms with van der Waals surface area (Å²) in [5.41, 5.74) is 1.18. The molecule has 1 saturated heterocycles. The van der Waals surface area contributed by atoms with E-state index in [9.17, 15) is 8.42 Å². The van der Waals surface area contributed by atoms with Crippen LogP contribution in [-0.2, 0) is 9.84 Å². The van der Waals surface area contributed by atoms with Crippen LogP contribution in [0.2, 0.25) is 0 Å². The van der Waals surface area contributed by atoms with Gasteiger partial charge >= 0.3 is 0 Å². The lowest BCUT2D eigenvalue weighted by Crippen LogP contribution is -2.37. The Bertz CT molecular complexity index is 855. The monoisotopic (exact) mass is 374 g/mol. The number of sulfone groups is 1. The SMILES string of the molecule is CCN(c1cc(NC(C)c2ccccc2)nc(C)n1)C1CCS(=O)(=O)C1. The fourth-order valence-electron chi connectivity index (χ4n) is 3.45. The molecule has 6 nitrogen and oxygen atoms in total. The molecular formula is C19H26N4O2S. The van der Waals surface area contributed by atoms with Gasteiger partial charge in [0, 0.05) is 24.7 Å². The second-order valence-electron chi connectivity index (χ2n) is 6.78. The van der Waals surface area contributed by atoms with E-state index in [1.165, 1.54) is 5.56 Å². The van der Waals surface area contributed by atoms with Crippen LogP contribution in [0, 0.1) is 6.92 Å². The molecule has 2 aromatic rings. The standard InChI is InChI=1S/C19H26N4O2S/c1-4-23(17-10-11-26(24,25)13-17)19-12-18(21-15(3)22-19)20-14(2)16-8-6-5-7-9-16/h5-9,12,14,17H,4,10-11,13H2,1-3H3,(H,20,21,22). The normalized spacial score (nSPS) is 19.9. The van der Waals surface area contributed by atoms with E-state index in [0.717, 1.165) is 11.6 Å². The Hall–Kier alpha value is -2.15. The Kier molecular flexibility index (Phi) is 5.46. The molecule has 1 N–H and O–H groups in total. The van der Waals surface area contributed by atoms with Gasteiger partial charge in [-0.1, -0.05) is 30.3 Å². The van der Waals surface area contributed by atoms with Gasteiger partial charge < -0.3 is 10.2 Å². The van der Waals surface area contributed by atoms with Crippen LogP contribution >= 0.6 is 0 Å². The molecule has 2 atom stereocenters. The first-order chi connectivity index (χ1) is 12.4. The molecule has 3 rings (SSSR count). The van der Waals surface area contributed by atoms with Gasteiger partial charge in [0.05, 0.1) is 11.5 Å². The summed E-state index contributed by atoms with van der Waals surface area (Å²) in [5.74, 6) is 2.67. The molecule has 1 fully saturated rings. The maximum Gasteiger partial charge on any atom is 0.152 e. The smallest absolute Gasteiger partial charge is 0.152 e. The Morgan fingerprint density at radius 3 is 2.62 bits per heavy atom. The quantitative estimate of drug-likeness (QED) is 0.838. The van der Waals surface area contributed by atoms with Gasteiger partial charge in [-0.2, -0.15) is 0 Å². The summed E-state index contributed by atoms with van der Waals surface area (Å²) in [6, 6.07) is 12.2. The van der Waals surface area contributed by atoms with E-state index in [1.807, 2.05) is 38.1 Å². The number of aromatic nitrogens is 2. The number of anilines is 2. The second-order valence-corrected chi connectivity index (χ2v) is 9.01. The van der Waals surface area contributed by atoms with Gasteiger partial charge in [-0.25, -0.2) is 18.4 Å². The molecule has 1 aromatic heterocycles. The van der Waals surface area contributed by atoms with Crippen LogP contribution in [0.5, 0.6) is 0 Å². The molecule has 0 amide bonds. The lowest BCUT2D eigenvalue weighted by Gasteiger charge is -2.28. The molecular weight excluding hydrogens is 348 g/mol. The highest BCUT2D eigenvalue weighted by Crippen LogP contribution is 2.26. The molecule has 140 valence electrons. The van der Waals surface area contributed by atoms with Crippen molar-refractivity contribution >= 4 is 21.5 Å². The highest BCUT2D eigenvalue weighted by atomic mass is 32.2. The van der Waals surface area contributed by atoms with Crippen molar-refractivity contribution in [1.82, 2.24) is 9.97 Å². The van der Waals surface area contributed by atoms with Crippen LogP contribution in [-0.4, -0.2) is 42.5 Å². The Labute approximate surface area is 155 Å². The average molecular weight is 375 g/mol. The number of nitrogens with zero attached hydrogens (tertiary/aromatic N) is 3. The first-order valence-corrected chi connectivity index (χ1v) is 10.8. The second kappa shape index (κ2) is 7.61. The summed E-state index contributed by atoms with van der Waals surface area (Å²) < 4.78 is 23.7. The minimum absolute atomic E-state index is 0.0151. The highest BCUT2D eigenvalue weighted by molar-refractivity contribution is 7.91. The zero-order valence-corrected chi connectivity index (χ0v) is 16.3. The summed E-state index contributed by atoms with van der Waals surface area (Å²) >= 11 is 0. The van der Waals surface area contributed by atoms with E-state index in [2.05, 4.69) is 39.2 Å². The van der Waals surface area contributed by atoms with Gasteiger partial charge in [0.1, 0.15) is 17.5 Å². The maximum atomic E-state index is 11.9. The van der Waals surface area contributed by atoms with Crippen LogP contribution in [0.1, 0.15) is 37.7 Å².